The number of esters is 4. The van der Waals surface area contributed by atoms with Crippen molar-refractivity contribution in [1.29, 1.82) is 0 Å². The molecule has 570 valence electrons. The minimum atomic E-state index is -4.96. The smallest absolute Gasteiger partial charge is 0.462 e. The number of hydrogen-bond acceptors (Lipinski definition) is 15. The number of ether oxygens (including phenoxy) is 4. The molecule has 96 heavy (non-hydrogen) atoms. The lowest BCUT2D eigenvalue weighted by molar-refractivity contribution is -0.161. The summed E-state index contributed by atoms with van der Waals surface area (Å²) >= 11 is 0. The summed E-state index contributed by atoms with van der Waals surface area (Å²) in [6.07, 6.45) is 53.9. The zero-order valence-corrected chi connectivity index (χ0v) is 64.6. The molecule has 0 bridgehead atoms. The third-order valence-electron chi connectivity index (χ3n) is 18.2. The third-order valence-corrected chi connectivity index (χ3v) is 20.1. The van der Waals surface area contributed by atoms with E-state index in [-0.39, 0.29) is 25.7 Å². The highest BCUT2D eigenvalue weighted by Crippen LogP contribution is 2.45. The number of aliphatic hydroxyl groups excluding tert-OH is 1. The van der Waals surface area contributed by atoms with Crippen LogP contribution in [0.25, 0.3) is 0 Å². The van der Waals surface area contributed by atoms with E-state index in [2.05, 4.69) is 48.5 Å². The van der Waals surface area contributed by atoms with E-state index in [1.165, 1.54) is 205 Å². The Morgan fingerprint density at radius 3 is 0.792 bits per heavy atom. The first-order valence-electron chi connectivity index (χ1n) is 39.9. The molecule has 0 saturated heterocycles. The highest BCUT2D eigenvalue weighted by atomic mass is 31.2. The topological polar surface area (TPSA) is 237 Å². The van der Waals surface area contributed by atoms with Crippen LogP contribution in [0.1, 0.15) is 395 Å². The SMILES string of the molecule is CCCCCCCCCCCCCCCC(=O)OC[C@H](COP(=O)(O)OC[C@H](O)COP(=O)(O)OC[C@@H](COC(=O)CCCCCCCCCCCCC(C)CC)OC(=O)CCCCCCCCCCCCCCCC(C)C)OC(=O)CCCCCCCCCCCCC(C)C. The predicted molar refractivity (Wildman–Crippen MR) is 391 cm³/mol. The molecule has 0 aliphatic heterocycles. The lowest BCUT2D eigenvalue weighted by Crippen LogP contribution is -2.30. The molecule has 3 unspecified atom stereocenters. The van der Waals surface area contributed by atoms with Gasteiger partial charge in [0.05, 0.1) is 26.4 Å². The van der Waals surface area contributed by atoms with Crippen molar-refractivity contribution in [1.82, 2.24) is 0 Å². The molecule has 19 heteroatoms. The van der Waals surface area contributed by atoms with E-state index < -0.39 is 97.5 Å². The van der Waals surface area contributed by atoms with Crippen LogP contribution in [0.15, 0.2) is 0 Å². The summed E-state index contributed by atoms with van der Waals surface area (Å²) in [5.74, 6) is 0.234. The van der Waals surface area contributed by atoms with Gasteiger partial charge in [0.15, 0.2) is 12.2 Å². The fraction of sp³-hybridized carbons (Fsp3) is 0.948. The molecule has 6 atom stereocenters. The van der Waals surface area contributed by atoms with Gasteiger partial charge in [-0.05, 0) is 43.4 Å². The monoisotopic (exact) mass is 1410 g/mol. The Kier molecular flexibility index (Phi) is 66.2. The van der Waals surface area contributed by atoms with E-state index in [1.54, 1.807) is 0 Å². The van der Waals surface area contributed by atoms with Crippen LogP contribution in [0, 0.1) is 17.8 Å². The first kappa shape index (κ1) is 94.1. The molecule has 0 aromatic carbocycles. The molecule has 17 nitrogen and oxygen atoms in total. The van der Waals surface area contributed by atoms with Gasteiger partial charge in [-0.15, -0.1) is 0 Å². The van der Waals surface area contributed by atoms with Gasteiger partial charge in [-0.2, -0.15) is 0 Å². The fourth-order valence-corrected chi connectivity index (χ4v) is 13.3. The van der Waals surface area contributed by atoms with Crippen molar-refractivity contribution in [3.8, 4) is 0 Å². The van der Waals surface area contributed by atoms with E-state index in [0.29, 0.717) is 25.7 Å². The maximum Gasteiger partial charge on any atom is 0.472 e. The lowest BCUT2D eigenvalue weighted by Gasteiger charge is -2.21. The Labute approximate surface area is 588 Å². The third kappa shape index (κ3) is 69.2. The second-order valence-corrected chi connectivity index (χ2v) is 31.8. The van der Waals surface area contributed by atoms with Gasteiger partial charge in [-0.1, -0.05) is 344 Å². The minimum Gasteiger partial charge on any atom is -0.462 e. The van der Waals surface area contributed by atoms with Crippen molar-refractivity contribution in [3.63, 3.8) is 0 Å². The second-order valence-electron chi connectivity index (χ2n) is 28.9. The van der Waals surface area contributed by atoms with E-state index in [0.717, 1.165) is 108 Å². The largest absolute Gasteiger partial charge is 0.472 e. The first-order chi connectivity index (χ1) is 46.3. The molecule has 0 fully saturated rings. The van der Waals surface area contributed by atoms with Crippen LogP contribution < -0.4 is 0 Å². The number of aliphatic hydroxyl groups is 1. The molecule has 0 rings (SSSR count). The average Bonchev–Trinajstić information content (AvgIpc) is 1.17. The van der Waals surface area contributed by atoms with Gasteiger partial charge in [0.2, 0.25) is 0 Å². The Bertz CT molecular complexity index is 1870. The Morgan fingerprint density at radius 1 is 0.302 bits per heavy atom. The summed E-state index contributed by atoms with van der Waals surface area (Å²) < 4.78 is 68.6. The number of phosphoric acid groups is 2. The minimum absolute atomic E-state index is 0.106. The van der Waals surface area contributed by atoms with Gasteiger partial charge in [0.25, 0.3) is 0 Å². The van der Waals surface area contributed by atoms with Crippen LogP contribution in [0.3, 0.4) is 0 Å². The van der Waals surface area contributed by atoms with E-state index in [4.69, 9.17) is 37.0 Å². The van der Waals surface area contributed by atoms with Gasteiger partial charge >= 0.3 is 39.5 Å². The molecule has 3 N–H and O–H groups in total. The van der Waals surface area contributed by atoms with Crippen LogP contribution in [0.2, 0.25) is 0 Å². The van der Waals surface area contributed by atoms with Crippen LogP contribution in [0.5, 0.6) is 0 Å². The van der Waals surface area contributed by atoms with Crippen molar-refractivity contribution >= 4 is 39.5 Å². The summed E-state index contributed by atoms with van der Waals surface area (Å²) in [5, 5.41) is 10.6. The zero-order valence-electron chi connectivity index (χ0n) is 62.8. The van der Waals surface area contributed by atoms with Gasteiger partial charge in [-0.25, -0.2) is 9.13 Å². The number of hydrogen-bond donors (Lipinski definition) is 3. The fourth-order valence-electron chi connectivity index (χ4n) is 11.7. The van der Waals surface area contributed by atoms with Crippen LogP contribution in [-0.4, -0.2) is 96.7 Å². The molecule has 0 amide bonds. The van der Waals surface area contributed by atoms with Crippen LogP contribution >= 0.6 is 15.6 Å². The highest BCUT2D eigenvalue weighted by Gasteiger charge is 2.30. The van der Waals surface area contributed by atoms with Crippen LogP contribution in [0.4, 0.5) is 0 Å². The summed E-state index contributed by atoms with van der Waals surface area (Å²) in [4.78, 5) is 72.9. The molecule has 0 heterocycles. The number of carbonyl (C=O) groups excluding carboxylic acids is 4. The van der Waals surface area contributed by atoms with E-state index >= 15 is 0 Å². The second kappa shape index (κ2) is 67.5. The summed E-state index contributed by atoms with van der Waals surface area (Å²) in [6.45, 7) is 11.9. The van der Waals surface area contributed by atoms with Crippen LogP contribution in [-0.2, 0) is 65.4 Å². The molecule has 0 aromatic rings. The average molecular weight is 1410 g/mol. The summed E-state index contributed by atoms with van der Waals surface area (Å²) in [7, 11) is -9.92. The van der Waals surface area contributed by atoms with Gasteiger partial charge in [0.1, 0.15) is 19.3 Å². The molecule has 0 spiro atoms. The standard InChI is InChI=1S/C77H150O17P2/c1-8-10-11-12-13-14-15-17-21-30-37-44-51-58-74(79)87-64-73(94-77(82)61-54-47-40-33-25-23-28-35-42-49-56-69(5)6)67-92-96(85,86)90-63-71(78)62-89-95(83,84)91-66-72(65-88-75(80)59-52-45-38-31-26-24-29-36-43-50-57-70(7)9-2)93-76(81)60-53-46-39-32-22-19-16-18-20-27-34-41-48-55-68(3)4/h68-73,78H,8-67H2,1-7H3,(H,83,84)(H,85,86)/t70?,71-,72-,73-/m1/s1. The van der Waals surface area contributed by atoms with Crippen molar-refractivity contribution in [3.05, 3.63) is 0 Å². The molecular weight excluding hydrogens is 1260 g/mol. The molecule has 0 saturated carbocycles. The molecule has 0 aliphatic rings. The van der Waals surface area contributed by atoms with Gasteiger partial charge in [0, 0.05) is 25.7 Å². The van der Waals surface area contributed by atoms with Gasteiger partial charge in [-0.3, -0.25) is 37.3 Å². The predicted octanol–water partition coefficient (Wildman–Crippen LogP) is 22.6. The Balaban J connectivity index is 5.28. The number of rotatable bonds is 75. The van der Waals surface area contributed by atoms with Crippen molar-refractivity contribution < 1.29 is 80.2 Å². The number of phosphoric ester groups is 2. The Morgan fingerprint density at radius 2 is 0.531 bits per heavy atom. The molecule has 0 aliphatic carbocycles. The maximum atomic E-state index is 13.1. The Hall–Kier alpha value is -1.94. The normalized spacial score (nSPS) is 14.3. The first-order valence-corrected chi connectivity index (χ1v) is 42.9. The maximum absolute atomic E-state index is 13.1. The highest BCUT2D eigenvalue weighted by molar-refractivity contribution is 7.47. The van der Waals surface area contributed by atoms with Crippen molar-refractivity contribution in [2.45, 2.75) is 414 Å². The van der Waals surface area contributed by atoms with Gasteiger partial charge < -0.3 is 33.8 Å². The summed E-state index contributed by atoms with van der Waals surface area (Å²) in [5.41, 5.74) is 0. The number of unbranched alkanes of at least 4 members (excludes halogenated alkanes) is 42. The van der Waals surface area contributed by atoms with E-state index in [1.807, 2.05) is 0 Å². The van der Waals surface area contributed by atoms with E-state index in [9.17, 15) is 43.2 Å². The lowest BCUT2D eigenvalue weighted by atomic mass is 9.99. The molecule has 0 radical (unpaired) electrons. The van der Waals surface area contributed by atoms with Crippen molar-refractivity contribution in [2.24, 2.45) is 17.8 Å². The molecular formula is C77H150O17P2. The zero-order chi connectivity index (χ0) is 70.9. The van der Waals surface area contributed by atoms with Crippen molar-refractivity contribution in [2.75, 3.05) is 39.6 Å². The molecule has 0 aromatic heterocycles. The summed E-state index contributed by atoms with van der Waals surface area (Å²) in [6, 6.07) is 0. The quantitative estimate of drug-likeness (QED) is 0.0222. The number of carbonyl (C=O) groups is 4.